The second-order valence-corrected chi connectivity index (χ2v) is 6.74. The molecule has 0 fully saturated rings. The number of alkyl halides is 6. The Kier molecular flexibility index (Phi) is 4.29. The zero-order chi connectivity index (χ0) is 18.5. The zero-order valence-corrected chi connectivity index (χ0v) is 12.9. The molecule has 0 aromatic carbocycles. The van der Waals surface area contributed by atoms with Crippen LogP contribution in [-0.4, -0.2) is 34.4 Å². The molecule has 0 N–H and O–H groups in total. The van der Waals surface area contributed by atoms with Crippen molar-refractivity contribution in [3.8, 4) is 5.82 Å². The molecule has 0 spiro atoms. The number of hydrogen-bond donors (Lipinski definition) is 0. The van der Waals surface area contributed by atoms with Crippen LogP contribution in [0.15, 0.2) is 17.4 Å². The summed E-state index contributed by atoms with van der Waals surface area (Å²) in [5, 5.41) is 1.02. The Morgan fingerprint density at radius 3 is 2.12 bits per heavy atom. The average Bonchev–Trinajstić information content (AvgIpc) is 2.82. The maximum absolute atomic E-state index is 12.7. The first-order valence-corrected chi connectivity index (χ1v) is 7.95. The molecule has 0 saturated carbocycles. The fraction of sp³-hybridized carbons (Fsp3) is 0.300. The Morgan fingerprint density at radius 2 is 1.71 bits per heavy atom. The molecule has 14 heteroatoms. The Morgan fingerprint density at radius 1 is 1.12 bits per heavy atom. The van der Waals surface area contributed by atoms with Crippen LogP contribution in [0.3, 0.4) is 0 Å². The van der Waals surface area contributed by atoms with Crippen LogP contribution >= 0.6 is 11.6 Å². The number of pyridine rings is 1. The van der Waals surface area contributed by atoms with Crippen molar-refractivity contribution < 1.29 is 34.8 Å². The third kappa shape index (κ3) is 3.61. The molecule has 2 rings (SSSR count). The Balaban J connectivity index is 2.71. The Labute approximate surface area is 135 Å². The highest BCUT2D eigenvalue weighted by molar-refractivity contribution is 7.90. The molecule has 0 radical (unpaired) electrons. The van der Waals surface area contributed by atoms with Crippen molar-refractivity contribution >= 4 is 21.4 Å². The largest absolute Gasteiger partial charge is 0.453 e. The zero-order valence-electron chi connectivity index (χ0n) is 11.3. The maximum atomic E-state index is 12.7. The van der Waals surface area contributed by atoms with Crippen LogP contribution in [0, 0.1) is 0 Å². The molecule has 0 aliphatic heterocycles. The van der Waals surface area contributed by atoms with E-state index in [9.17, 15) is 34.8 Å². The average molecular weight is 395 g/mol. The van der Waals surface area contributed by atoms with Crippen molar-refractivity contribution in [2.24, 2.45) is 0 Å². The van der Waals surface area contributed by atoms with Crippen LogP contribution in [0.5, 0.6) is 0 Å². The summed E-state index contributed by atoms with van der Waals surface area (Å²) in [5.41, 5.74) is -1.27. The summed E-state index contributed by atoms with van der Waals surface area (Å²) in [6.45, 7) is 0. The Bertz CT molecular complexity index is 890. The van der Waals surface area contributed by atoms with E-state index < -0.39 is 49.6 Å². The molecule has 2 aromatic rings. The van der Waals surface area contributed by atoms with Gasteiger partial charge in [-0.05, 0) is 6.07 Å². The van der Waals surface area contributed by atoms with Crippen LogP contribution in [0.1, 0.15) is 11.4 Å². The van der Waals surface area contributed by atoms with E-state index in [1.807, 2.05) is 0 Å². The van der Waals surface area contributed by atoms with Gasteiger partial charge in [0.2, 0.25) is 9.84 Å². The van der Waals surface area contributed by atoms with E-state index in [0.29, 0.717) is 12.3 Å². The molecule has 6 nitrogen and oxygen atoms in total. The number of nitrogens with zero attached hydrogens (tertiary/aromatic N) is 4. The van der Waals surface area contributed by atoms with Crippen LogP contribution in [-0.2, 0) is 22.2 Å². The summed E-state index contributed by atoms with van der Waals surface area (Å²) in [6.07, 6.45) is -9.05. The van der Waals surface area contributed by atoms with Crippen molar-refractivity contribution in [2.45, 2.75) is 17.5 Å². The second kappa shape index (κ2) is 5.58. The highest BCUT2D eigenvalue weighted by atomic mass is 35.5. The van der Waals surface area contributed by atoms with E-state index in [4.69, 9.17) is 11.6 Å². The summed E-state index contributed by atoms with van der Waals surface area (Å²) in [7, 11) is -4.31. The van der Waals surface area contributed by atoms with Crippen LogP contribution in [0.25, 0.3) is 5.82 Å². The number of sulfone groups is 1. The van der Waals surface area contributed by atoms with Gasteiger partial charge < -0.3 is 0 Å². The summed E-state index contributed by atoms with van der Waals surface area (Å²) in [5.74, 6) is -2.55. The van der Waals surface area contributed by atoms with Crippen molar-refractivity contribution in [2.75, 3.05) is 6.26 Å². The normalized spacial score (nSPS) is 13.3. The highest BCUT2D eigenvalue weighted by Gasteiger charge is 2.39. The van der Waals surface area contributed by atoms with Crippen molar-refractivity contribution in [3.63, 3.8) is 0 Å². The van der Waals surface area contributed by atoms with Gasteiger partial charge >= 0.3 is 12.4 Å². The van der Waals surface area contributed by atoms with E-state index in [1.54, 1.807) is 0 Å². The van der Waals surface area contributed by atoms with E-state index in [2.05, 4.69) is 15.1 Å². The quantitative estimate of drug-likeness (QED) is 0.732. The third-order valence-corrected chi connectivity index (χ3v) is 3.72. The minimum atomic E-state index is -5.08. The lowest BCUT2D eigenvalue weighted by Gasteiger charge is -2.09. The first-order valence-electron chi connectivity index (χ1n) is 5.68. The number of halogens is 7. The minimum Gasteiger partial charge on any atom is -0.235 e. The van der Waals surface area contributed by atoms with E-state index in [0.717, 1.165) is 0 Å². The summed E-state index contributed by atoms with van der Waals surface area (Å²) < 4.78 is 98.9. The lowest BCUT2D eigenvalue weighted by atomic mass is 10.3. The maximum Gasteiger partial charge on any atom is 0.453 e. The van der Waals surface area contributed by atoms with Crippen molar-refractivity contribution in [3.05, 3.63) is 28.7 Å². The molecular formula is C10H5ClF6N4O2S. The lowest BCUT2D eigenvalue weighted by Crippen LogP contribution is -2.13. The molecular weight excluding hydrogens is 390 g/mol. The summed E-state index contributed by atoms with van der Waals surface area (Å²) >= 11 is 5.59. The molecule has 0 amide bonds. The Hall–Kier alpha value is -1.89. The van der Waals surface area contributed by atoms with Gasteiger partial charge in [0.25, 0.3) is 11.0 Å². The number of rotatable bonds is 2. The van der Waals surface area contributed by atoms with E-state index in [1.165, 1.54) is 0 Å². The van der Waals surface area contributed by atoms with Gasteiger partial charge in [-0.3, -0.25) is 0 Å². The van der Waals surface area contributed by atoms with Crippen LogP contribution < -0.4 is 0 Å². The van der Waals surface area contributed by atoms with E-state index in [-0.39, 0.29) is 10.9 Å². The third-order valence-electron chi connectivity index (χ3n) is 2.51. The van der Waals surface area contributed by atoms with E-state index >= 15 is 0 Å². The molecule has 24 heavy (non-hydrogen) atoms. The molecule has 0 aliphatic carbocycles. The predicted octanol–water partition coefficient (Wildman–Crippen LogP) is 2.76. The van der Waals surface area contributed by atoms with Gasteiger partial charge in [0.1, 0.15) is 0 Å². The van der Waals surface area contributed by atoms with Crippen LogP contribution in [0.2, 0.25) is 5.02 Å². The number of aromatic nitrogens is 4. The van der Waals surface area contributed by atoms with Crippen LogP contribution in [0.4, 0.5) is 26.3 Å². The monoisotopic (exact) mass is 394 g/mol. The fourth-order valence-corrected chi connectivity index (χ4v) is 2.48. The standard InChI is InChI=1S/C10H5ClF6N4O2S/c1-24(22,23)8-19-7(10(15,16)17)20-21(8)6-5(11)2-4(3-18-6)9(12,13)14/h2-3H,1H3. The van der Waals surface area contributed by atoms with Gasteiger partial charge in [0.05, 0.1) is 10.6 Å². The molecule has 2 aromatic heterocycles. The summed E-state index contributed by atoms with van der Waals surface area (Å²) in [6, 6.07) is 0.380. The summed E-state index contributed by atoms with van der Waals surface area (Å²) in [4.78, 5) is 6.12. The second-order valence-electron chi connectivity index (χ2n) is 4.43. The molecule has 0 aliphatic rings. The van der Waals surface area contributed by atoms with Gasteiger partial charge in [-0.25, -0.2) is 13.4 Å². The van der Waals surface area contributed by atoms with Gasteiger partial charge in [-0.2, -0.15) is 36.0 Å². The van der Waals surface area contributed by atoms with Gasteiger partial charge in [0.15, 0.2) is 5.82 Å². The first-order chi connectivity index (χ1) is 10.7. The highest BCUT2D eigenvalue weighted by Crippen LogP contribution is 2.33. The topological polar surface area (TPSA) is 77.7 Å². The van der Waals surface area contributed by atoms with Crippen molar-refractivity contribution in [1.29, 1.82) is 0 Å². The van der Waals surface area contributed by atoms with Gasteiger partial charge in [-0.15, -0.1) is 5.10 Å². The van der Waals surface area contributed by atoms with Gasteiger partial charge in [0, 0.05) is 12.5 Å². The smallest absolute Gasteiger partial charge is 0.235 e. The molecule has 0 saturated heterocycles. The van der Waals surface area contributed by atoms with Crippen molar-refractivity contribution in [1.82, 2.24) is 19.7 Å². The lowest BCUT2D eigenvalue weighted by molar-refractivity contribution is -0.145. The molecule has 2 heterocycles. The molecule has 0 bridgehead atoms. The van der Waals surface area contributed by atoms with Gasteiger partial charge in [-0.1, -0.05) is 11.6 Å². The SMILES string of the molecule is CS(=O)(=O)c1nc(C(F)(F)F)nn1-c1ncc(C(F)(F)F)cc1Cl. The fourth-order valence-electron chi connectivity index (χ4n) is 1.54. The molecule has 0 atom stereocenters. The predicted molar refractivity (Wildman–Crippen MR) is 67.3 cm³/mol. The number of hydrogen-bond acceptors (Lipinski definition) is 5. The first kappa shape index (κ1) is 18.4. The molecule has 0 unspecified atom stereocenters. The molecule has 132 valence electrons. The minimum absolute atomic E-state index is 0.126.